The van der Waals surface area contributed by atoms with Crippen LogP contribution in [0.5, 0.6) is 0 Å². The molecule has 184 valence electrons. The first-order chi connectivity index (χ1) is 16.5. The van der Waals surface area contributed by atoms with E-state index in [0.717, 1.165) is 16.8 Å². The highest BCUT2D eigenvalue weighted by atomic mass is 35.5. The topological polar surface area (TPSA) is 84.9 Å². The van der Waals surface area contributed by atoms with Gasteiger partial charge in [0, 0.05) is 40.5 Å². The second kappa shape index (κ2) is 9.74. The van der Waals surface area contributed by atoms with Gasteiger partial charge in [-0.15, -0.1) is 0 Å². The monoisotopic (exact) mass is 496 g/mol. The first-order valence-corrected chi connectivity index (χ1v) is 12.0. The maximum atomic E-state index is 13.4. The van der Waals surface area contributed by atoms with E-state index in [1.807, 2.05) is 36.4 Å². The number of carbonyl (C=O) groups excluding carboxylic acids is 3. The Labute approximate surface area is 210 Å². The Morgan fingerprint density at radius 1 is 1.11 bits per heavy atom. The molecule has 1 saturated heterocycles. The summed E-state index contributed by atoms with van der Waals surface area (Å²) in [6, 6.07) is 14.1. The zero-order valence-corrected chi connectivity index (χ0v) is 21.0. The molecule has 1 N–H and O–H groups in total. The number of hydrogen-bond acceptors (Lipinski definition) is 6. The zero-order valence-electron chi connectivity index (χ0n) is 20.3. The van der Waals surface area contributed by atoms with Gasteiger partial charge in [0.1, 0.15) is 11.6 Å². The molecule has 2 aromatic rings. The van der Waals surface area contributed by atoms with E-state index in [4.69, 9.17) is 21.1 Å². The number of rotatable bonds is 4. The molecule has 0 unspecified atom stereocenters. The molecule has 2 aromatic carbocycles. The smallest absolute Gasteiger partial charge is 0.347 e. The van der Waals surface area contributed by atoms with Gasteiger partial charge in [0.15, 0.2) is 6.10 Å². The van der Waals surface area contributed by atoms with Crippen LogP contribution in [0.1, 0.15) is 46.1 Å². The van der Waals surface area contributed by atoms with Gasteiger partial charge >= 0.3 is 11.9 Å². The minimum atomic E-state index is -1.07. The van der Waals surface area contributed by atoms with Gasteiger partial charge in [0.05, 0.1) is 0 Å². The summed E-state index contributed by atoms with van der Waals surface area (Å²) >= 11 is 6.22. The number of amides is 1. The molecule has 1 amide bonds. The Morgan fingerprint density at radius 3 is 2.51 bits per heavy atom. The lowest BCUT2D eigenvalue weighted by molar-refractivity contribution is -0.174. The van der Waals surface area contributed by atoms with Crippen LogP contribution in [0.15, 0.2) is 54.1 Å². The first kappa shape index (κ1) is 24.8. The van der Waals surface area contributed by atoms with Gasteiger partial charge in [0.25, 0.3) is 5.91 Å². The lowest BCUT2D eigenvalue weighted by atomic mass is 9.88. The average molecular weight is 497 g/mol. The van der Waals surface area contributed by atoms with Gasteiger partial charge in [-0.1, -0.05) is 35.9 Å². The molecular weight excluding hydrogens is 468 g/mol. The van der Waals surface area contributed by atoms with Crippen LogP contribution in [0.4, 0.5) is 11.4 Å². The van der Waals surface area contributed by atoms with Crippen LogP contribution in [0.2, 0.25) is 5.02 Å². The highest BCUT2D eigenvalue weighted by Crippen LogP contribution is 2.40. The standard InChI is InChI=1S/C27H29ClN2O5/c1-16(25(32)35-27(2,3)4)34-26(33)23-15-21(19-11-10-17(28)14-22(19)29-23)20-12-13-30(24(20)31)18-8-6-5-7-9-18/h5-11,14,16,23,29H,12-13,15H2,1-4H3/b21-20+/t16-,23-/m1/s1. The van der Waals surface area contributed by atoms with Crippen LogP contribution in [-0.2, 0) is 23.9 Å². The van der Waals surface area contributed by atoms with Crippen molar-refractivity contribution in [2.45, 2.75) is 58.3 Å². The summed E-state index contributed by atoms with van der Waals surface area (Å²) in [6.45, 7) is 7.29. The maximum absolute atomic E-state index is 13.4. The van der Waals surface area contributed by atoms with Gasteiger partial charge in [0.2, 0.25) is 0 Å². The van der Waals surface area contributed by atoms with Crippen molar-refractivity contribution < 1.29 is 23.9 Å². The highest BCUT2D eigenvalue weighted by molar-refractivity contribution is 6.31. The summed E-state index contributed by atoms with van der Waals surface area (Å²) < 4.78 is 10.8. The minimum absolute atomic E-state index is 0.0803. The molecule has 0 spiro atoms. The summed E-state index contributed by atoms with van der Waals surface area (Å²) in [4.78, 5) is 40.5. The molecule has 1 fully saturated rings. The number of benzene rings is 2. The van der Waals surface area contributed by atoms with E-state index < -0.39 is 29.7 Å². The minimum Gasteiger partial charge on any atom is -0.457 e. The number of carbonyl (C=O) groups is 3. The Balaban J connectivity index is 1.61. The lowest BCUT2D eigenvalue weighted by Crippen LogP contribution is -2.40. The van der Waals surface area contributed by atoms with Crippen LogP contribution in [0, 0.1) is 0 Å². The first-order valence-electron chi connectivity index (χ1n) is 11.6. The van der Waals surface area contributed by atoms with Crippen molar-refractivity contribution in [1.29, 1.82) is 0 Å². The summed E-state index contributed by atoms with van der Waals surface area (Å²) in [7, 11) is 0. The van der Waals surface area contributed by atoms with E-state index in [1.54, 1.807) is 37.8 Å². The third-order valence-electron chi connectivity index (χ3n) is 5.88. The SMILES string of the molecule is C[C@@H](OC(=O)[C@H]1C/C(=C2/CCN(c3ccccc3)C2=O)c2ccc(Cl)cc2N1)C(=O)OC(C)(C)C. The normalized spacial score (nSPS) is 20.7. The number of fused-ring (bicyclic) bond motifs is 1. The maximum Gasteiger partial charge on any atom is 0.347 e. The van der Waals surface area contributed by atoms with Gasteiger partial charge in [-0.3, -0.25) is 4.79 Å². The summed E-state index contributed by atoms with van der Waals surface area (Å²) in [5.74, 6) is -1.30. The van der Waals surface area contributed by atoms with Crippen molar-refractivity contribution in [2.75, 3.05) is 16.8 Å². The summed E-state index contributed by atoms with van der Waals surface area (Å²) in [5.41, 5.74) is 3.06. The number of ether oxygens (including phenoxy) is 2. The second-order valence-electron chi connectivity index (χ2n) is 9.70. The molecule has 4 rings (SSSR count). The molecule has 0 aliphatic carbocycles. The summed E-state index contributed by atoms with van der Waals surface area (Å²) in [5, 5.41) is 3.67. The largest absolute Gasteiger partial charge is 0.457 e. The molecular formula is C27H29ClN2O5. The molecule has 0 bridgehead atoms. The van der Waals surface area contributed by atoms with Crippen molar-refractivity contribution in [3.63, 3.8) is 0 Å². The molecule has 35 heavy (non-hydrogen) atoms. The number of para-hydroxylation sites is 1. The molecule has 0 aromatic heterocycles. The third-order valence-corrected chi connectivity index (χ3v) is 6.12. The number of anilines is 2. The summed E-state index contributed by atoms with van der Waals surface area (Å²) in [6.07, 6.45) is -0.263. The van der Waals surface area contributed by atoms with Crippen molar-refractivity contribution in [2.24, 2.45) is 0 Å². The highest BCUT2D eigenvalue weighted by Gasteiger charge is 2.37. The fourth-order valence-corrected chi connectivity index (χ4v) is 4.47. The molecule has 2 aliphatic heterocycles. The Morgan fingerprint density at radius 2 is 1.83 bits per heavy atom. The molecule has 8 heteroatoms. The number of hydrogen-bond donors (Lipinski definition) is 1. The van der Waals surface area contributed by atoms with Gasteiger partial charge < -0.3 is 19.7 Å². The van der Waals surface area contributed by atoms with Gasteiger partial charge in [-0.05, 0) is 64.0 Å². The van der Waals surface area contributed by atoms with Crippen LogP contribution in [0.3, 0.4) is 0 Å². The Kier molecular flexibility index (Phi) is 6.90. The number of nitrogens with zero attached hydrogens (tertiary/aromatic N) is 1. The van der Waals surface area contributed by atoms with Gasteiger partial charge in [-0.25, -0.2) is 9.59 Å². The lowest BCUT2D eigenvalue weighted by Gasteiger charge is -2.30. The fourth-order valence-electron chi connectivity index (χ4n) is 4.30. The van der Waals surface area contributed by atoms with E-state index >= 15 is 0 Å². The van der Waals surface area contributed by atoms with Crippen molar-refractivity contribution in [1.82, 2.24) is 0 Å². The Bertz CT molecular complexity index is 1190. The number of esters is 2. The third kappa shape index (κ3) is 5.51. The molecule has 0 saturated carbocycles. The van der Waals surface area contributed by atoms with E-state index in [9.17, 15) is 14.4 Å². The molecule has 2 atom stereocenters. The van der Waals surface area contributed by atoms with E-state index in [0.29, 0.717) is 29.2 Å². The molecule has 0 radical (unpaired) electrons. The van der Waals surface area contributed by atoms with Crippen molar-refractivity contribution >= 4 is 46.4 Å². The quantitative estimate of drug-likeness (QED) is 0.474. The van der Waals surface area contributed by atoms with Crippen molar-refractivity contribution in [3.8, 4) is 0 Å². The molecule has 7 nitrogen and oxygen atoms in total. The Hall–Kier alpha value is -3.32. The zero-order chi connectivity index (χ0) is 25.3. The number of halogens is 1. The van der Waals surface area contributed by atoms with E-state index in [2.05, 4.69) is 5.32 Å². The molecule has 2 heterocycles. The molecule has 2 aliphatic rings. The van der Waals surface area contributed by atoms with E-state index in [1.165, 1.54) is 6.92 Å². The van der Waals surface area contributed by atoms with Crippen LogP contribution in [0.25, 0.3) is 5.57 Å². The van der Waals surface area contributed by atoms with E-state index in [-0.39, 0.29) is 12.3 Å². The van der Waals surface area contributed by atoms with Crippen LogP contribution < -0.4 is 10.2 Å². The average Bonchev–Trinajstić information content (AvgIpc) is 3.18. The predicted molar refractivity (Wildman–Crippen MR) is 135 cm³/mol. The van der Waals surface area contributed by atoms with Gasteiger partial charge in [-0.2, -0.15) is 0 Å². The fraction of sp³-hybridized carbons (Fsp3) is 0.370. The van der Waals surface area contributed by atoms with Crippen LogP contribution in [-0.4, -0.2) is 42.1 Å². The number of nitrogens with one attached hydrogen (secondary N) is 1. The van der Waals surface area contributed by atoms with Crippen LogP contribution >= 0.6 is 11.6 Å². The second-order valence-corrected chi connectivity index (χ2v) is 10.1. The predicted octanol–water partition coefficient (Wildman–Crippen LogP) is 4.99. The van der Waals surface area contributed by atoms with Crippen molar-refractivity contribution in [3.05, 3.63) is 64.7 Å².